The Labute approximate surface area is 227 Å². The molecule has 3 aromatic carbocycles. The number of hydrogen-bond acceptors (Lipinski definition) is 2. The van der Waals surface area contributed by atoms with Gasteiger partial charge in [-0.25, -0.2) is 0 Å². The molecule has 0 radical (unpaired) electrons. The zero-order chi connectivity index (χ0) is 27.1. The van der Waals surface area contributed by atoms with Crippen molar-refractivity contribution in [1.29, 1.82) is 0 Å². The highest BCUT2D eigenvalue weighted by atomic mass is 31.1. The third-order valence-electron chi connectivity index (χ3n) is 7.69. The van der Waals surface area contributed by atoms with Gasteiger partial charge in [-0.3, -0.25) is 0 Å². The topological polar surface area (TPSA) is 12.5 Å². The van der Waals surface area contributed by atoms with E-state index in [1.165, 1.54) is 33.4 Å². The Morgan fingerprint density at radius 1 is 0.811 bits per heavy atom. The molecule has 3 aromatic rings. The Morgan fingerprint density at radius 3 is 1.89 bits per heavy atom. The largest absolute Gasteiger partial charge is 0.496 e. The first kappa shape index (κ1) is 27.7. The van der Waals surface area contributed by atoms with Crippen molar-refractivity contribution >= 4 is 24.6 Å². The van der Waals surface area contributed by atoms with E-state index in [2.05, 4.69) is 128 Å². The van der Waals surface area contributed by atoms with Crippen LogP contribution in [0, 0.1) is 0 Å². The number of methoxy groups -OCH3 is 1. The molecule has 1 aliphatic heterocycles. The second-order valence-electron chi connectivity index (χ2n) is 12.4. The summed E-state index contributed by atoms with van der Waals surface area (Å²) in [6.45, 7) is 21.4. The molecule has 198 valence electrons. The summed E-state index contributed by atoms with van der Waals surface area (Å²) in [5.41, 5.74) is 8.65. The van der Waals surface area contributed by atoms with Crippen LogP contribution in [0.15, 0.2) is 60.7 Å². The highest BCUT2D eigenvalue weighted by Crippen LogP contribution is 2.64. The fourth-order valence-electron chi connectivity index (χ4n) is 5.93. The lowest BCUT2D eigenvalue weighted by Crippen LogP contribution is -2.32. The van der Waals surface area contributed by atoms with Crippen LogP contribution in [-0.4, -0.2) is 18.0 Å². The van der Waals surface area contributed by atoms with Crippen molar-refractivity contribution in [2.45, 2.75) is 97.4 Å². The quantitative estimate of drug-likeness (QED) is 0.290. The molecule has 37 heavy (non-hydrogen) atoms. The maximum Gasteiger partial charge on any atom is 0.128 e. The van der Waals surface area contributed by atoms with Crippen molar-refractivity contribution in [2.75, 3.05) is 12.0 Å². The maximum absolute atomic E-state index is 6.02. The summed E-state index contributed by atoms with van der Waals surface area (Å²) in [6.07, 6.45) is 1.04. The van der Waals surface area contributed by atoms with E-state index in [9.17, 15) is 0 Å². The summed E-state index contributed by atoms with van der Waals surface area (Å²) in [5.74, 6) is 2.87. The van der Waals surface area contributed by atoms with Crippen LogP contribution in [0.4, 0.5) is 11.4 Å². The van der Waals surface area contributed by atoms with Gasteiger partial charge >= 0.3 is 0 Å². The summed E-state index contributed by atoms with van der Waals surface area (Å²) in [4.78, 5) is 2.64. The molecule has 0 aliphatic carbocycles. The van der Waals surface area contributed by atoms with Gasteiger partial charge < -0.3 is 9.64 Å². The van der Waals surface area contributed by atoms with Crippen LogP contribution in [0.3, 0.4) is 0 Å². The highest BCUT2D eigenvalue weighted by molar-refractivity contribution is 7.69. The molecule has 0 saturated heterocycles. The van der Waals surface area contributed by atoms with Crippen molar-refractivity contribution in [1.82, 2.24) is 0 Å². The van der Waals surface area contributed by atoms with Gasteiger partial charge in [-0.1, -0.05) is 98.7 Å². The summed E-state index contributed by atoms with van der Waals surface area (Å²) in [6, 6.07) is 22.6. The normalized spacial score (nSPS) is 17.7. The summed E-state index contributed by atoms with van der Waals surface area (Å²) < 4.78 is 6.02. The first-order valence-corrected chi connectivity index (χ1v) is 15.3. The van der Waals surface area contributed by atoms with Gasteiger partial charge in [0, 0.05) is 11.0 Å². The molecule has 0 unspecified atom stereocenters. The molecule has 1 heterocycles. The summed E-state index contributed by atoms with van der Waals surface area (Å²) in [5, 5.41) is 1.54. The van der Waals surface area contributed by atoms with Gasteiger partial charge in [0.1, 0.15) is 5.75 Å². The molecule has 2 atom stereocenters. The SMILES string of the molecule is COc1cccc2c1[P@@](C(C)(C)C)[C@@H](Cc1c(C(C)C)cc(C(C)C)cc1C(C)C)N2c1ccccc1. The number of para-hydroxylation sites is 1. The van der Waals surface area contributed by atoms with Crippen molar-refractivity contribution in [3.8, 4) is 5.75 Å². The molecule has 0 spiro atoms. The van der Waals surface area contributed by atoms with Crippen LogP contribution in [0.2, 0.25) is 0 Å². The Kier molecular flexibility index (Phi) is 8.10. The average molecular weight is 516 g/mol. The number of hydrogen-bond donors (Lipinski definition) is 0. The number of nitrogens with zero attached hydrogens (tertiary/aromatic N) is 1. The van der Waals surface area contributed by atoms with Gasteiger partial charge in [-0.2, -0.15) is 0 Å². The minimum atomic E-state index is -0.561. The van der Waals surface area contributed by atoms with Crippen molar-refractivity contribution < 1.29 is 4.74 Å². The lowest BCUT2D eigenvalue weighted by Gasteiger charge is -2.38. The molecule has 0 amide bonds. The van der Waals surface area contributed by atoms with Crippen molar-refractivity contribution in [3.05, 3.63) is 82.9 Å². The van der Waals surface area contributed by atoms with Gasteiger partial charge in [-0.05, 0) is 83.8 Å². The first-order valence-electron chi connectivity index (χ1n) is 13.9. The second kappa shape index (κ2) is 10.8. The highest BCUT2D eigenvalue weighted by Gasteiger charge is 2.46. The second-order valence-corrected chi connectivity index (χ2v) is 15.5. The molecule has 0 N–H and O–H groups in total. The minimum absolute atomic E-state index is 0.126. The Balaban J connectivity index is 1.98. The van der Waals surface area contributed by atoms with E-state index in [0.29, 0.717) is 23.5 Å². The fourth-order valence-corrected chi connectivity index (χ4v) is 9.47. The van der Waals surface area contributed by atoms with Crippen LogP contribution in [0.1, 0.15) is 102 Å². The van der Waals surface area contributed by atoms with Crippen LogP contribution in [-0.2, 0) is 6.42 Å². The molecular formula is C34H46NOP. The van der Waals surface area contributed by atoms with E-state index in [-0.39, 0.29) is 5.16 Å². The van der Waals surface area contributed by atoms with Gasteiger partial charge in [0.2, 0.25) is 0 Å². The average Bonchev–Trinajstić information content (AvgIpc) is 3.18. The van der Waals surface area contributed by atoms with Crippen LogP contribution in [0.25, 0.3) is 0 Å². The zero-order valence-electron chi connectivity index (χ0n) is 24.6. The lowest BCUT2D eigenvalue weighted by atomic mass is 9.83. The smallest absolute Gasteiger partial charge is 0.128 e. The van der Waals surface area contributed by atoms with Crippen molar-refractivity contribution in [3.63, 3.8) is 0 Å². The monoisotopic (exact) mass is 515 g/mol. The molecular weight excluding hydrogens is 469 g/mol. The molecule has 3 heteroatoms. The van der Waals surface area contributed by atoms with Crippen molar-refractivity contribution in [2.24, 2.45) is 0 Å². The predicted octanol–water partition coefficient (Wildman–Crippen LogP) is 9.69. The third kappa shape index (κ3) is 5.33. The Morgan fingerprint density at radius 2 is 1.41 bits per heavy atom. The molecule has 0 saturated carbocycles. The molecule has 0 fully saturated rings. The minimum Gasteiger partial charge on any atom is -0.496 e. The van der Waals surface area contributed by atoms with Gasteiger partial charge in [0.15, 0.2) is 0 Å². The zero-order valence-corrected chi connectivity index (χ0v) is 25.5. The van der Waals surface area contributed by atoms with Gasteiger partial charge in [0.05, 0.1) is 18.6 Å². The summed E-state index contributed by atoms with van der Waals surface area (Å²) in [7, 11) is 1.26. The van der Waals surface area contributed by atoms with Crippen LogP contribution < -0.4 is 14.9 Å². The third-order valence-corrected chi connectivity index (χ3v) is 11.1. The standard InChI is InChI=1S/C34H46NOP/c1-22(2)25-19-27(23(3)4)29(28(20-25)24(5)6)21-32-35(26-15-12-11-13-16-26)30-17-14-18-31(36-10)33(30)37(32)34(7,8)9/h11-20,22-24,32H,21H2,1-10H3/t32-,37-/m0/s1. The van der Waals surface area contributed by atoms with Crippen LogP contribution >= 0.6 is 7.92 Å². The van der Waals surface area contributed by atoms with E-state index in [4.69, 9.17) is 4.74 Å². The fraction of sp³-hybridized carbons (Fsp3) is 0.471. The number of anilines is 2. The molecule has 4 rings (SSSR count). The van der Waals surface area contributed by atoms with E-state index >= 15 is 0 Å². The number of ether oxygens (including phenoxy) is 1. The first-order chi connectivity index (χ1) is 17.5. The number of benzene rings is 3. The lowest BCUT2D eigenvalue weighted by molar-refractivity contribution is 0.418. The predicted molar refractivity (Wildman–Crippen MR) is 164 cm³/mol. The van der Waals surface area contributed by atoms with E-state index in [0.717, 1.165) is 12.2 Å². The van der Waals surface area contributed by atoms with E-state index in [1.807, 2.05) is 7.11 Å². The molecule has 0 bridgehead atoms. The Bertz CT molecular complexity index is 1190. The maximum atomic E-state index is 6.02. The van der Waals surface area contributed by atoms with Crippen LogP contribution in [0.5, 0.6) is 5.75 Å². The summed E-state index contributed by atoms with van der Waals surface area (Å²) >= 11 is 0. The van der Waals surface area contributed by atoms with E-state index in [1.54, 1.807) is 5.56 Å². The molecule has 0 aromatic heterocycles. The Hall–Kier alpha value is -2.31. The number of fused-ring (bicyclic) bond motifs is 1. The van der Waals surface area contributed by atoms with Gasteiger partial charge in [-0.15, -0.1) is 0 Å². The van der Waals surface area contributed by atoms with Gasteiger partial charge in [0.25, 0.3) is 0 Å². The molecule has 2 nitrogen and oxygen atoms in total. The molecule has 1 aliphatic rings. The number of rotatable bonds is 7. The van der Waals surface area contributed by atoms with E-state index < -0.39 is 7.92 Å².